The van der Waals surface area contributed by atoms with Crippen LogP contribution in [0.2, 0.25) is 0 Å². The normalized spacial score (nSPS) is 14.6. The van der Waals surface area contributed by atoms with Crippen LogP contribution in [0.4, 0.5) is 0 Å². The van der Waals surface area contributed by atoms with Crippen molar-refractivity contribution >= 4 is 5.97 Å². The molecule has 0 aromatic heterocycles. The summed E-state index contributed by atoms with van der Waals surface area (Å²) in [6.07, 6.45) is 18.3. The summed E-state index contributed by atoms with van der Waals surface area (Å²) in [5, 5.41) is 0. The van der Waals surface area contributed by atoms with Gasteiger partial charge in [-0.2, -0.15) is 0 Å². The maximum absolute atomic E-state index is 10.9. The fraction of sp³-hybridized carbons (Fsp3) is 0.824. The Morgan fingerprint density at radius 3 is 1.89 bits per heavy atom. The Labute approximate surface area is 118 Å². The molecule has 0 spiro atoms. The van der Waals surface area contributed by atoms with Gasteiger partial charge in [-0.25, -0.2) is 0 Å². The quantitative estimate of drug-likeness (QED) is 0.343. The van der Waals surface area contributed by atoms with E-state index < -0.39 is 0 Å². The van der Waals surface area contributed by atoms with Gasteiger partial charge in [0.05, 0.1) is 6.42 Å². The van der Waals surface area contributed by atoms with Crippen LogP contribution in [-0.4, -0.2) is 5.97 Å². The SMILES string of the molecule is CCCCCCCCCCCCCC1=CCC(=O)O1. The highest BCUT2D eigenvalue weighted by Crippen LogP contribution is 2.18. The third-order valence-electron chi connectivity index (χ3n) is 3.77. The highest BCUT2D eigenvalue weighted by atomic mass is 16.5. The first-order chi connectivity index (χ1) is 9.33. The van der Waals surface area contributed by atoms with Gasteiger partial charge >= 0.3 is 5.97 Å². The lowest BCUT2D eigenvalue weighted by molar-refractivity contribution is -0.136. The van der Waals surface area contributed by atoms with Gasteiger partial charge in [-0.05, 0) is 12.5 Å². The van der Waals surface area contributed by atoms with Crippen molar-refractivity contribution in [3.63, 3.8) is 0 Å². The molecular formula is C17H30O2. The van der Waals surface area contributed by atoms with Crippen molar-refractivity contribution in [3.8, 4) is 0 Å². The van der Waals surface area contributed by atoms with Crippen LogP contribution in [0.25, 0.3) is 0 Å². The number of rotatable bonds is 12. The van der Waals surface area contributed by atoms with E-state index in [1.54, 1.807) is 0 Å². The Balaban J connectivity index is 1.75. The molecule has 110 valence electrons. The Bertz CT molecular complexity index is 268. The number of carbonyl (C=O) groups is 1. The van der Waals surface area contributed by atoms with Crippen molar-refractivity contribution in [2.24, 2.45) is 0 Å². The summed E-state index contributed by atoms with van der Waals surface area (Å²) in [4.78, 5) is 10.9. The van der Waals surface area contributed by atoms with Gasteiger partial charge in [-0.3, -0.25) is 4.79 Å². The van der Waals surface area contributed by atoms with Crippen molar-refractivity contribution in [1.29, 1.82) is 0 Å². The van der Waals surface area contributed by atoms with E-state index in [4.69, 9.17) is 4.74 Å². The van der Waals surface area contributed by atoms with Gasteiger partial charge in [0.25, 0.3) is 0 Å². The summed E-state index contributed by atoms with van der Waals surface area (Å²) >= 11 is 0. The topological polar surface area (TPSA) is 26.3 Å². The van der Waals surface area contributed by atoms with Crippen molar-refractivity contribution in [1.82, 2.24) is 0 Å². The van der Waals surface area contributed by atoms with Crippen LogP contribution in [0, 0.1) is 0 Å². The lowest BCUT2D eigenvalue weighted by Gasteiger charge is -2.03. The number of hydrogen-bond donors (Lipinski definition) is 0. The Morgan fingerprint density at radius 2 is 1.42 bits per heavy atom. The van der Waals surface area contributed by atoms with Crippen molar-refractivity contribution < 1.29 is 9.53 Å². The first-order valence-corrected chi connectivity index (χ1v) is 8.22. The molecule has 0 amide bonds. The Hall–Kier alpha value is -0.790. The van der Waals surface area contributed by atoms with Crippen LogP contribution in [0.5, 0.6) is 0 Å². The molecule has 0 fully saturated rings. The third kappa shape index (κ3) is 8.85. The van der Waals surface area contributed by atoms with Gasteiger partial charge in [0.1, 0.15) is 5.76 Å². The van der Waals surface area contributed by atoms with Crippen LogP contribution in [-0.2, 0) is 9.53 Å². The van der Waals surface area contributed by atoms with Gasteiger partial charge in [-0.1, -0.05) is 71.1 Å². The Kier molecular flexibility index (Phi) is 9.48. The van der Waals surface area contributed by atoms with Crippen molar-refractivity contribution in [2.45, 2.75) is 90.4 Å². The van der Waals surface area contributed by atoms with E-state index in [0.29, 0.717) is 6.42 Å². The zero-order valence-corrected chi connectivity index (χ0v) is 12.6. The largest absolute Gasteiger partial charge is 0.431 e. The average Bonchev–Trinajstić information content (AvgIpc) is 2.82. The van der Waals surface area contributed by atoms with Gasteiger partial charge < -0.3 is 4.74 Å². The van der Waals surface area contributed by atoms with E-state index in [1.807, 2.05) is 6.08 Å². The zero-order valence-electron chi connectivity index (χ0n) is 12.6. The molecular weight excluding hydrogens is 236 g/mol. The van der Waals surface area contributed by atoms with Crippen molar-refractivity contribution in [3.05, 3.63) is 11.8 Å². The molecule has 0 N–H and O–H groups in total. The molecule has 0 bridgehead atoms. The van der Waals surface area contributed by atoms with Crippen LogP contribution < -0.4 is 0 Å². The fourth-order valence-corrected chi connectivity index (χ4v) is 2.54. The standard InChI is InChI=1S/C17H30O2/c1-2-3-4-5-6-7-8-9-10-11-12-13-16-14-15-17(18)19-16/h14H,2-13,15H2,1H3. The summed E-state index contributed by atoms with van der Waals surface area (Å²) in [6, 6.07) is 0. The van der Waals surface area contributed by atoms with Crippen molar-refractivity contribution in [2.75, 3.05) is 0 Å². The number of allylic oxidation sites excluding steroid dienone is 1. The lowest BCUT2D eigenvalue weighted by atomic mass is 10.1. The molecule has 1 aliphatic rings. The van der Waals surface area contributed by atoms with E-state index in [9.17, 15) is 4.79 Å². The molecule has 2 heteroatoms. The minimum atomic E-state index is -0.0851. The molecule has 0 aromatic rings. The smallest absolute Gasteiger partial charge is 0.314 e. The second kappa shape index (κ2) is 11.1. The number of cyclic esters (lactones) is 1. The predicted molar refractivity (Wildman–Crippen MR) is 79.9 cm³/mol. The average molecular weight is 266 g/mol. The van der Waals surface area contributed by atoms with E-state index in [2.05, 4.69) is 6.92 Å². The van der Waals surface area contributed by atoms with Crippen LogP contribution in [0.15, 0.2) is 11.8 Å². The molecule has 0 saturated heterocycles. The highest BCUT2D eigenvalue weighted by Gasteiger charge is 2.12. The van der Waals surface area contributed by atoms with Gasteiger partial charge in [0.2, 0.25) is 0 Å². The first-order valence-electron chi connectivity index (χ1n) is 8.22. The molecule has 2 nitrogen and oxygen atoms in total. The van der Waals surface area contributed by atoms with E-state index in [1.165, 1.54) is 64.2 Å². The van der Waals surface area contributed by atoms with Crippen LogP contribution in [0.3, 0.4) is 0 Å². The summed E-state index contributed by atoms with van der Waals surface area (Å²) in [6.45, 7) is 2.27. The molecule has 0 saturated carbocycles. The highest BCUT2D eigenvalue weighted by molar-refractivity contribution is 5.75. The van der Waals surface area contributed by atoms with Crippen LogP contribution >= 0.6 is 0 Å². The number of hydrogen-bond acceptors (Lipinski definition) is 2. The Morgan fingerprint density at radius 1 is 0.895 bits per heavy atom. The van der Waals surface area contributed by atoms with Gasteiger partial charge in [0.15, 0.2) is 0 Å². The van der Waals surface area contributed by atoms with Crippen LogP contribution in [0.1, 0.15) is 90.4 Å². The second-order valence-electron chi connectivity index (χ2n) is 5.63. The molecule has 0 radical (unpaired) electrons. The number of carbonyl (C=O) groups excluding carboxylic acids is 1. The van der Waals surface area contributed by atoms with Gasteiger partial charge in [0, 0.05) is 6.42 Å². The number of unbranched alkanes of at least 4 members (excludes halogenated alkanes) is 10. The summed E-state index contributed by atoms with van der Waals surface area (Å²) in [5.74, 6) is 0.819. The molecule has 0 aliphatic carbocycles. The minimum absolute atomic E-state index is 0.0851. The van der Waals surface area contributed by atoms with E-state index in [0.717, 1.165) is 18.6 Å². The maximum Gasteiger partial charge on any atom is 0.314 e. The maximum atomic E-state index is 10.9. The summed E-state index contributed by atoms with van der Waals surface area (Å²) < 4.78 is 5.08. The second-order valence-corrected chi connectivity index (χ2v) is 5.63. The summed E-state index contributed by atoms with van der Waals surface area (Å²) in [7, 11) is 0. The third-order valence-corrected chi connectivity index (χ3v) is 3.77. The predicted octanol–water partition coefficient (Wildman–Crippen LogP) is 5.52. The monoisotopic (exact) mass is 266 g/mol. The first kappa shape index (κ1) is 16.3. The molecule has 0 unspecified atom stereocenters. The minimum Gasteiger partial charge on any atom is -0.431 e. The number of esters is 1. The fourth-order valence-electron chi connectivity index (χ4n) is 2.54. The molecule has 19 heavy (non-hydrogen) atoms. The van der Waals surface area contributed by atoms with E-state index >= 15 is 0 Å². The molecule has 1 rings (SSSR count). The molecule has 0 aromatic carbocycles. The molecule has 1 aliphatic heterocycles. The molecule has 0 atom stereocenters. The molecule has 1 heterocycles. The van der Waals surface area contributed by atoms with E-state index in [-0.39, 0.29) is 5.97 Å². The lowest BCUT2D eigenvalue weighted by Crippen LogP contribution is -1.93. The summed E-state index contributed by atoms with van der Waals surface area (Å²) in [5.41, 5.74) is 0. The van der Waals surface area contributed by atoms with Gasteiger partial charge in [-0.15, -0.1) is 0 Å². The number of ether oxygens (including phenoxy) is 1. The zero-order chi connectivity index (χ0) is 13.8.